The van der Waals surface area contributed by atoms with E-state index in [1.165, 1.54) is 30.2 Å². The fourth-order valence-electron chi connectivity index (χ4n) is 1.36. The van der Waals surface area contributed by atoms with Crippen LogP contribution < -0.4 is 5.32 Å². The second kappa shape index (κ2) is 4.14. The van der Waals surface area contributed by atoms with Crippen molar-refractivity contribution >= 4 is 5.91 Å². The molecule has 0 fully saturated rings. The minimum atomic E-state index is -0.358. The van der Waals surface area contributed by atoms with E-state index < -0.39 is 0 Å². The molecule has 1 N–H and O–H groups in total. The predicted octanol–water partition coefficient (Wildman–Crippen LogP) is 1.37. The van der Waals surface area contributed by atoms with E-state index in [-0.39, 0.29) is 17.4 Å². The monoisotopic (exact) mass is 219 g/mol. The Labute approximate surface area is 91.7 Å². The number of hydrogen-bond donors (Lipinski definition) is 1. The zero-order valence-corrected chi connectivity index (χ0v) is 8.64. The first-order valence-electron chi connectivity index (χ1n) is 4.73. The lowest BCUT2D eigenvalue weighted by atomic mass is 10.3. The number of para-hydroxylation sites is 1. The van der Waals surface area contributed by atoms with Crippen LogP contribution in [-0.4, -0.2) is 22.5 Å². The SMILES string of the molecule is CNC(=O)c1cn(-c2ccccc2F)cn1. The van der Waals surface area contributed by atoms with E-state index in [9.17, 15) is 9.18 Å². The molecule has 2 rings (SSSR count). The maximum atomic E-state index is 13.4. The number of carbonyl (C=O) groups excluding carboxylic acids is 1. The highest BCUT2D eigenvalue weighted by Gasteiger charge is 2.09. The number of hydrogen-bond acceptors (Lipinski definition) is 2. The molecule has 0 atom stereocenters. The van der Waals surface area contributed by atoms with Crippen molar-refractivity contribution in [3.63, 3.8) is 0 Å². The highest BCUT2D eigenvalue weighted by atomic mass is 19.1. The number of carbonyl (C=O) groups is 1. The van der Waals surface area contributed by atoms with Gasteiger partial charge in [-0.2, -0.15) is 0 Å². The molecule has 0 saturated heterocycles. The third-order valence-electron chi connectivity index (χ3n) is 2.17. The van der Waals surface area contributed by atoms with Crippen LogP contribution in [0.4, 0.5) is 4.39 Å². The topological polar surface area (TPSA) is 46.9 Å². The molecular weight excluding hydrogens is 209 g/mol. The number of nitrogens with zero attached hydrogens (tertiary/aromatic N) is 2. The van der Waals surface area contributed by atoms with Crippen LogP contribution in [0, 0.1) is 5.82 Å². The molecule has 5 heteroatoms. The van der Waals surface area contributed by atoms with Crippen LogP contribution in [0.25, 0.3) is 5.69 Å². The van der Waals surface area contributed by atoms with Crippen LogP contribution in [-0.2, 0) is 0 Å². The molecule has 82 valence electrons. The average Bonchev–Trinajstić information content (AvgIpc) is 2.78. The molecule has 0 aliphatic heterocycles. The number of imidazole rings is 1. The van der Waals surface area contributed by atoms with Crippen molar-refractivity contribution in [2.75, 3.05) is 7.05 Å². The molecule has 1 heterocycles. The largest absolute Gasteiger partial charge is 0.354 e. The van der Waals surface area contributed by atoms with Gasteiger partial charge in [0.05, 0.1) is 5.69 Å². The summed E-state index contributed by atoms with van der Waals surface area (Å²) in [4.78, 5) is 15.2. The van der Waals surface area contributed by atoms with Gasteiger partial charge in [0, 0.05) is 13.2 Å². The van der Waals surface area contributed by atoms with Crippen LogP contribution in [0.2, 0.25) is 0 Å². The van der Waals surface area contributed by atoms with Gasteiger partial charge in [0.2, 0.25) is 0 Å². The van der Waals surface area contributed by atoms with E-state index in [1.807, 2.05) is 0 Å². The van der Waals surface area contributed by atoms with Gasteiger partial charge in [0.15, 0.2) is 0 Å². The highest BCUT2D eigenvalue weighted by molar-refractivity contribution is 5.91. The maximum Gasteiger partial charge on any atom is 0.271 e. The summed E-state index contributed by atoms with van der Waals surface area (Å²) in [5.74, 6) is -0.654. The lowest BCUT2D eigenvalue weighted by molar-refractivity contribution is 0.0958. The van der Waals surface area contributed by atoms with E-state index >= 15 is 0 Å². The molecule has 0 spiro atoms. The molecule has 0 aliphatic carbocycles. The van der Waals surface area contributed by atoms with Gasteiger partial charge in [-0.25, -0.2) is 9.37 Å². The summed E-state index contributed by atoms with van der Waals surface area (Å²) in [6.07, 6.45) is 2.89. The Balaban J connectivity index is 2.39. The standard InChI is InChI=1S/C11H10FN3O/c1-13-11(16)9-6-15(7-14-9)10-5-3-2-4-8(10)12/h2-7H,1H3,(H,13,16). The zero-order valence-electron chi connectivity index (χ0n) is 8.64. The van der Waals surface area contributed by atoms with Gasteiger partial charge < -0.3 is 9.88 Å². The smallest absolute Gasteiger partial charge is 0.271 e. The van der Waals surface area contributed by atoms with Crippen LogP contribution in [0.1, 0.15) is 10.5 Å². The van der Waals surface area contributed by atoms with E-state index in [4.69, 9.17) is 0 Å². The lowest BCUT2D eigenvalue weighted by Crippen LogP contribution is -2.17. The van der Waals surface area contributed by atoms with Crippen molar-refractivity contribution in [2.24, 2.45) is 0 Å². The summed E-state index contributed by atoms with van der Waals surface area (Å²) in [6, 6.07) is 6.30. The van der Waals surface area contributed by atoms with Gasteiger partial charge in [0.1, 0.15) is 17.8 Å². The van der Waals surface area contributed by atoms with Gasteiger partial charge in [-0.05, 0) is 12.1 Å². The van der Waals surface area contributed by atoms with E-state index in [1.54, 1.807) is 18.2 Å². The lowest BCUT2D eigenvalue weighted by Gasteiger charge is -2.01. The number of halogens is 1. The first-order chi connectivity index (χ1) is 7.72. The molecule has 1 amide bonds. The number of aromatic nitrogens is 2. The second-order valence-corrected chi connectivity index (χ2v) is 3.20. The number of benzene rings is 1. The summed E-state index contributed by atoms with van der Waals surface area (Å²) in [7, 11) is 1.52. The molecule has 2 aromatic rings. The quantitative estimate of drug-likeness (QED) is 0.829. The van der Waals surface area contributed by atoms with E-state index in [0.29, 0.717) is 5.69 Å². The van der Waals surface area contributed by atoms with Crippen LogP contribution in [0.3, 0.4) is 0 Å². The highest BCUT2D eigenvalue weighted by Crippen LogP contribution is 2.12. The Morgan fingerprint density at radius 2 is 2.19 bits per heavy atom. The van der Waals surface area contributed by atoms with E-state index in [0.717, 1.165) is 0 Å². The van der Waals surface area contributed by atoms with Crippen molar-refractivity contribution in [3.8, 4) is 5.69 Å². The number of rotatable bonds is 2. The van der Waals surface area contributed by atoms with Gasteiger partial charge in [0.25, 0.3) is 5.91 Å². The number of amides is 1. The van der Waals surface area contributed by atoms with Gasteiger partial charge in [-0.1, -0.05) is 12.1 Å². The van der Waals surface area contributed by atoms with Crippen LogP contribution >= 0.6 is 0 Å². The third kappa shape index (κ3) is 1.79. The summed E-state index contributed by atoms with van der Waals surface area (Å²) in [6.45, 7) is 0. The van der Waals surface area contributed by atoms with Crippen molar-refractivity contribution in [2.45, 2.75) is 0 Å². The molecule has 1 aromatic heterocycles. The fourth-order valence-corrected chi connectivity index (χ4v) is 1.36. The first-order valence-corrected chi connectivity index (χ1v) is 4.73. The van der Waals surface area contributed by atoms with Crippen molar-refractivity contribution in [1.29, 1.82) is 0 Å². The Morgan fingerprint density at radius 1 is 1.44 bits per heavy atom. The Kier molecular flexibility index (Phi) is 2.68. The minimum absolute atomic E-state index is 0.255. The zero-order chi connectivity index (χ0) is 11.5. The van der Waals surface area contributed by atoms with E-state index in [2.05, 4.69) is 10.3 Å². The molecule has 0 unspecified atom stereocenters. The predicted molar refractivity (Wildman–Crippen MR) is 56.9 cm³/mol. The maximum absolute atomic E-state index is 13.4. The van der Waals surface area contributed by atoms with Crippen molar-refractivity contribution < 1.29 is 9.18 Å². The van der Waals surface area contributed by atoms with Gasteiger partial charge in [-0.15, -0.1) is 0 Å². The van der Waals surface area contributed by atoms with Crippen molar-refractivity contribution in [1.82, 2.24) is 14.9 Å². The molecule has 0 saturated carbocycles. The molecule has 16 heavy (non-hydrogen) atoms. The Morgan fingerprint density at radius 3 is 2.88 bits per heavy atom. The normalized spacial score (nSPS) is 10.1. The Hall–Kier alpha value is -2.17. The molecule has 0 aliphatic rings. The summed E-state index contributed by atoms with van der Waals surface area (Å²) >= 11 is 0. The molecule has 0 radical (unpaired) electrons. The van der Waals surface area contributed by atoms with Crippen LogP contribution in [0.15, 0.2) is 36.8 Å². The first kappa shape index (κ1) is 10.4. The number of nitrogens with one attached hydrogen (secondary N) is 1. The van der Waals surface area contributed by atoms with Crippen LogP contribution in [0.5, 0.6) is 0 Å². The summed E-state index contributed by atoms with van der Waals surface area (Å²) < 4.78 is 14.9. The van der Waals surface area contributed by atoms with Gasteiger partial charge >= 0.3 is 0 Å². The third-order valence-corrected chi connectivity index (χ3v) is 2.17. The fraction of sp³-hybridized carbons (Fsp3) is 0.0909. The molecule has 0 bridgehead atoms. The molecule has 4 nitrogen and oxygen atoms in total. The summed E-state index contributed by atoms with van der Waals surface area (Å²) in [5, 5.41) is 2.45. The average molecular weight is 219 g/mol. The van der Waals surface area contributed by atoms with Crippen molar-refractivity contribution in [3.05, 3.63) is 48.3 Å². The second-order valence-electron chi connectivity index (χ2n) is 3.20. The molecular formula is C11H10FN3O. The van der Waals surface area contributed by atoms with Gasteiger partial charge in [-0.3, -0.25) is 4.79 Å². The Bertz CT molecular complexity index is 521. The molecule has 1 aromatic carbocycles. The summed E-state index contributed by atoms with van der Waals surface area (Å²) in [5.41, 5.74) is 0.621. The minimum Gasteiger partial charge on any atom is -0.354 e.